The van der Waals surface area contributed by atoms with Gasteiger partial charge in [-0.3, -0.25) is 4.79 Å². The van der Waals surface area contributed by atoms with Gasteiger partial charge >= 0.3 is 0 Å². The first kappa shape index (κ1) is 11.1. The van der Waals surface area contributed by atoms with Gasteiger partial charge < -0.3 is 10.1 Å². The molecule has 1 spiro atoms. The zero-order valence-electron chi connectivity index (χ0n) is 9.55. The fourth-order valence-electron chi connectivity index (χ4n) is 2.70. The topological polar surface area (TPSA) is 38.3 Å². The molecule has 1 atom stereocenters. The first-order chi connectivity index (χ1) is 7.28. The summed E-state index contributed by atoms with van der Waals surface area (Å²) >= 11 is 0. The molecule has 1 unspecified atom stereocenters. The Kier molecular flexibility index (Phi) is 3.42. The summed E-state index contributed by atoms with van der Waals surface area (Å²) in [6.45, 7) is 5.29. The van der Waals surface area contributed by atoms with Gasteiger partial charge in [-0.15, -0.1) is 0 Å². The van der Waals surface area contributed by atoms with Crippen molar-refractivity contribution in [3.05, 3.63) is 0 Å². The molecule has 0 radical (unpaired) electrons. The lowest BCUT2D eigenvalue weighted by Gasteiger charge is -2.23. The molecule has 3 heteroatoms. The van der Waals surface area contributed by atoms with Crippen molar-refractivity contribution in [2.24, 2.45) is 11.3 Å². The average molecular weight is 211 g/mol. The van der Waals surface area contributed by atoms with Gasteiger partial charge in [-0.1, -0.05) is 6.92 Å². The van der Waals surface area contributed by atoms with Crippen molar-refractivity contribution in [1.82, 2.24) is 5.32 Å². The molecule has 2 aliphatic rings. The molecule has 0 aromatic heterocycles. The Morgan fingerprint density at radius 1 is 1.47 bits per heavy atom. The van der Waals surface area contributed by atoms with Gasteiger partial charge in [0.05, 0.1) is 0 Å². The minimum atomic E-state index is 0.316. The summed E-state index contributed by atoms with van der Waals surface area (Å²) in [6.07, 6.45) is 4.46. The van der Waals surface area contributed by atoms with Crippen LogP contribution in [-0.2, 0) is 9.53 Å². The third-order valence-electron chi connectivity index (χ3n) is 3.77. The van der Waals surface area contributed by atoms with E-state index in [4.69, 9.17) is 4.74 Å². The zero-order valence-corrected chi connectivity index (χ0v) is 9.55. The molecular formula is C12H21NO2. The predicted octanol–water partition coefficient (Wildman–Crippen LogP) is 1.37. The van der Waals surface area contributed by atoms with Crippen LogP contribution in [0.4, 0.5) is 0 Å². The largest absolute Gasteiger partial charge is 0.374 e. The van der Waals surface area contributed by atoms with Crippen LogP contribution in [0.25, 0.3) is 0 Å². The number of carbonyl (C=O) groups excluding carboxylic acids is 1. The van der Waals surface area contributed by atoms with Gasteiger partial charge in [-0.05, 0) is 44.2 Å². The van der Waals surface area contributed by atoms with Gasteiger partial charge in [-0.2, -0.15) is 0 Å². The van der Waals surface area contributed by atoms with E-state index >= 15 is 0 Å². The van der Waals surface area contributed by atoms with Crippen LogP contribution in [-0.4, -0.2) is 32.1 Å². The number of Topliss-reactive ketones (excluding diaryl/α,β-unsaturated/α-hetero) is 1. The van der Waals surface area contributed by atoms with E-state index in [1.54, 1.807) is 0 Å². The van der Waals surface area contributed by atoms with Gasteiger partial charge in [0.15, 0.2) is 5.78 Å². The van der Waals surface area contributed by atoms with Crippen molar-refractivity contribution in [3.8, 4) is 0 Å². The van der Waals surface area contributed by atoms with Crippen molar-refractivity contribution in [2.75, 3.05) is 26.3 Å². The molecule has 1 N–H and O–H groups in total. The molecule has 0 amide bonds. The van der Waals surface area contributed by atoms with Gasteiger partial charge in [0.2, 0.25) is 0 Å². The lowest BCUT2D eigenvalue weighted by molar-refractivity contribution is -0.125. The van der Waals surface area contributed by atoms with Crippen molar-refractivity contribution in [2.45, 2.75) is 32.6 Å². The standard InChI is InChI=1S/C12H21NO2/c1-2-7-15-9-11(14)10-8-12(10)3-5-13-6-4-12/h10,13H,2-9H2,1H3. The molecule has 0 aromatic carbocycles. The molecule has 2 fully saturated rings. The van der Waals surface area contributed by atoms with Gasteiger partial charge in [0.25, 0.3) is 0 Å². The second kappa shape index (κ2) is 4.62. The number of hydrogen-bond acceptors (Lipinski definition) is 3. The second-order valence-electron chi connectivity index (χ2n) is 4.89. The highest BCUT2D eigenvalue weighted by molar-refractivity contribution is 5.85. The minimum absolute atomic E-state index is 0.316. The number of ether oxygens (including phenoxy) is 1. The molecule has 2 rings (SSSR count). The molecule has 0 bridgehead atoms. The summed E-state index contributed by atoms with van der Waals surface area (Å²) in [4.78, 5) is 11.8. The summed E-state index contributed by atoms with van der Waals surface area (Å²) in [7, 11) is 0. The summed E-state index contributed by atoms with van der Waals surface area (Å²) < 4.78 is 5.31. The van der Waals surface area contributed by atoms with Crippen LogP contribution in [0.3, 0.4) is 0 Å². The Morgan fingerprint density at radius 2 is 2.20 bits per heavy atom. The fourth-order valence-corrected chi connectivity index (χ4v) is 2.70. The summed E-state index contributed by atoms with van der Waals surface area (Å²) in [5.41, 5.74) is 0.373. The van der Waals surface area contributed by atoms with Crippen LogP contribution < -0.4 is 5.32 Å². The Morgan fingerprint density at radius 3 is 2.87 bits per heavy atom. The molecular weight excluding hydrogens is 190 g/mol. The molecule has 1 aliphatic carbocycles. The molecule has 86 valence electrons. The lowest BCUT2D eigenvalue weighted by atomic mass is 9.91. The Balaban J connectivity index is 1.74. The maximum absolute atomic E-state index is 11.8. The van der Waals surface area contributed by atoms with E-state index in [9.17, 15) is 4.79 Å². The molecule has 3 nitrogen and oxygen atoms in total. The molecule has 15 heavy (non-hydrogen) atoms. The normalized spacial score (nSPS) is 27.9. The van der Waals surface area contributed by atoms with Gasteiger partial charge in [0.1, 0.15) is 6.61 Å². The quantitative estimate of drug-likeness (QED) is 0.698. The Labute approximate surface area is 91.6 Å². The third-order valence-corrected chi connectivity index (χ3v) is 3.77. The van der Waals surface area contributed by atoms with Crippen molar-refractivity contribution in [3.63, 3.8) is 0 Å². The van der Waals surface area contributed by atoms with Crippen LogP contribution in [0.1, 0.15) is 32.6 Å². The van der Waals surface area contributed by atoms with Gasteiger partial charge in [0, 0.05) is 12.5 Å². The highest BCUT2D eigenvalue weighted by Gasteiger charge is 2.57. The predicted molar refractivity (Wildman–Crippen MR) is 58.8 cm³/mol. The first-order valence-corrected chi connectivity index (χ1v) is 6.10. The minimum Gasteiger partial charge on any atom is -0.374 e. The van der Waals surface area contributed by atoms with E-state index in [0.29, 0.717) is 30.3 Å². The second-order valence-corrected chi connectivity index (χ2v) is 4.89. The molecule has 1 saturated heterocycles. The third kappa shape index (κ3) is 2.40. The van der Waals surface area contributed by atoms with Gasteiger partial charge in [-0.25, -0.2) is 0 Å². The van der Waals surface area contributed by atoms with Crippen LogP contribution in [0.5, 0.6) is 0 Å². The van der Waals surface area contributed by atoms with E-state index < -0.39 is 0 Å². The SMILES string of the molecule is CCCOCC(=O)C1CC12CCNCC2. The number of piperidine rings is 1. The molecule has 0 aromatic rings. The van der Waals surface area contributed by atoms with E-state index in [2.05, 4.69) is 12.2 Å². The number of carbonyl (C=O) groups is 1. The van der Waals surface area contributed by atoms with E-state index in [-0.39, 0.29) is 0 Å². The monoisotopic (exact) mass is 211 g/mol. The average Bonchev–Trinajstić information content (AvgIpc) is 2.94. The van der Waals surface area contributed by atoms with Crippen LogP contribution in [0.2, 0.25) is 0 Å². The number of hydrogen-bond donors (Lipinski definition) is 1. The van der Waals surface area contributed by atoms with Crippen LogP contribution >= 0.6 is 0 Å². The molecule has 1 heterocycles. The van der Waals surface area contributed by atoms with Crippen LogP contribution in [0, 0.1) is 11.3 Å². The summed E-state index contributed by atoms with van der Waals surface area (Å²) in [6, 6.07) is 0. The maximum Gasteiger partial charge on any atom is 0.162 e. The van der Waals surface area contributed by atoms with Crippen LogP contribution in [0.15, 0.2) is 0 Å². The van der Waals surface area contributed by atoms with Crippen molar-refractivity contribution < 1.29 is 9.53 Å². The lowest BCUT2D eigenvalue weighted by Crippen LogP contribution is -2.31. The van der Waals surface area contributed by atoms with E-state index in [1.165, 1.54) is 12.8 Å². The number of ketones is 1. The molecule has 1 saturated carbocycles. The Bertz CT molecular complexity index is 234. The summed E-state index contributed by atoms with van der Waals surface area (Å²) in [5.74, 6) is 0.654. The zero-order chi connectivity index (χ0) is 10.7. The fraction of sp³-hybridized carbons (Fsp3) is 0.917. The summed E-state index contributed by atoms with van der Waals surface area (Å²) in [5, 5.41) is 3.35. The highest BCUT2D eigenvalue weighted by atomic mass is 16.5. The Hall–Kier alpha value is -0.410. The van der Waals surface area contributed by atoms with Crippen molar-refractivity contribution in [1.29, 1.82) is 0 Å². The maximum atomic E-state index is 11.8. The number of rotatable bonds is 5. The van der Waals surface area contributed by atoms with E-state index in [0.717, 1.165) is 25.9 Å². The van der Waals surface area contributed by atoms with Crippen molar-refractivity contribution >= 4 is 5.78 Å². The first-order valence-electron chi connectivity index (χ1n) is 6.10. The highest BCUT2D eigenvalue weighted by Crippen LogP contribution is 2.58. The van der Waals surface area contributed by atoms with E-state index in [1.807, 2.05) is 0 Å². The number of nitrogens with one attached hydrogen (secondary N) is 1. The molecule has 1 aliphatic heterocycles. The smallest absolute Gasteiger partial charge is 0.162 e.